The molecule has 0 saturated carbocycles. The number of benzene rings is 5. The molecule has 0 unspecified atom stereocenters. The molecule has 5 aromatic rings. The summed E-state index contributed by atoms with van der Waals surface area (Å²) in [6, 6.07) is 43.0. The molecule has 0 radical (unpaired) electrons. The van der Waals surface area contributed by atoms with Gasteiger partial charge in [-0.2, -0.15) is 0 Å². The third-order valence-electron chi connectivity index (χ3n) is 13.8. The molecule has 0 heterocycles. The summed E-state index contributed by atoms with van der Waals surface area (Å²) in [6.45, 7) is 4.71. The zero-order valence-corrected chi connectivity index (χ0v) is 39.7. The summed E-state index contributed by atoms with van der Waals surface area (Å²) in [5.74, 6) is 0. The molecule has 0 fully saturated rings. The van der Waals surface area contributed by atoms with Crippen LogP contribution in [0.4, 0.5) is 0 Å². The maximum Gasteiger partial charge on any atom is 0.0780 e. The standard InChI is InChI=1S/C56H78N4/c1-57(2,3)37-17-33-55(34-18-38-58(4,5)6)51-23-15-13-21-47(51)49-31-29-45(41-53(49)55)43-25-27-44(28-26-43)46-30-32-50-48-22-14-16-24-52(48)56(54(50)42-46,35-19-39-59(7,8)9)36-20-40-60(10,11)12/h13-16,21-32,41-42H,17-20,33-40H2,1-12H3/q+4. The predicted octanol–water partition coefficient (Wildman–Crippen LogP) is 11.5. The van der Waals surface area contributed by atoms with Gasteiger partial charge in [0.2, 0.25) is 0 Å². The summed E-state index contributed by atoms with van der Waals surface area (Å²) in [5.41, 5.74) is 17.2. The van der Waals surface area contributed by atoms with Crippen molar-refractivity contribution >= 4 is 0 Å². The summed E-state index contributed by atoms with van der Waals surface area (Å²) in [6.07, 6.45) is 9.55. The van der Waals surface area contributed by atoms with Crippen LogP contribution >= 0.6 is 0 Å². The van der Waals surface area contributed by atoms with Crippen molar-refractivity contribution in [2.45, 2.75) is 62.2 Å². The summed E-state index contributed by atoms with van der Waals surface area (Å²) >= 11 is 0. The number of hydrogen-bond donors (Lipinski definition) is 0. The smallest absolute Gasteiger partial charge is 0.0780 e. The molecule has 4 heteroatoms. The lowest BCUT2D eigenvalue weighted by atomic mass is 9.70. The fourth-order valence-corrected chi connectivity index (χ4v) is 10.9. The number of rotatable bonds is 18. The third kappa shape index (κ3) is 9.53. The fraction of sp³-hybridized carbons (Fsp3) is 0.464. The van der Waals surface area contributed by atoms with Crippen molar-refractivity contribution in [2.75, 3.05) is 111 Å². The van der Waals surface area contributed by atoms with Crippen molar-refractivity contribution in [3.05, 3.63) is 131 Å². The van der Waals surface area contributed by atoms with Gasteiger partial charge in [-0.1, -0.05) is 97.1 Å². The van der Waals surface area contributed by atoms with E-state index < -0.39 is 0 Å². The van der Waals surface area contributed by atoms with Crippen LogP contribution in [-0.2, 0) is 10.8 Å². The van der Waals surface area contributed by atoms with Crippen LogP contribution in [0.5, 0.6) is 0 Å². The molecule has 0 atom stereocenters. The van der Waals surface area contributed by atoms with Gasteiger partial charge in [0.15, 0.2) is 0 Å². The Kier molecular flexibility index (Phi) is 12.2. The summed E-state index contributed by atoms with van der Waals surface area (Å²) < 4.78 is 4.00. The highest BCUT2D eigenvalue weighted by atomic mass is 15.3. The molecule has 0 aromatic heterocycles. The van der Waals surface area contributed by atoms with E-state index in [0.717, 1.165) is 17.9 Å². The van der Waals surface area contributed by atoms with Gasteiger partial charge in [-0.15, -0.1) is 0 Å². The van der Waals surface area contributed by atoms with Crippen LogP contribution in [0.15, 0.2) is 109 Å². The van der Waals surface area contributed by atoms with Crippen LogP contribution in [-0.4, -0.2) is 129 Å². The van der Waals surface area contributed by atoms with E-state index in [9.17, 15) is 0 Å². The molecule has 0 amide bonds. The topological polar surface area (TPSA) is 0 Å². The molecule has 0 spiro atoms. The maximum atomic E-state index is 2.58. The molecule has 5 aromatic carbocycles. The number of hydrogen-bond acceptors (Lipinski definition) is 0. The highest BCUT2D eigenvalue weighted by Gasteiger charge is 2.44. The quantitative estimate of drug-likeness (QED) is 0.0774. The number of fused-ring (bicyclic) bond motifs is 6. The van der Waals surface area contributed by atoms with Gasteiger partial charge in [0.05, 0.1) is 111 Å². The minimum atomic E-state index is 0.0263. The Morgan fingerprint density at radius 3 is 0.867 bits per heavy atom. The second-order valence-electron chi connectivity index (χ2n) is 22.8. The van der Waals surface area contributed by atoms with Crippen molar-refractivity contribution in [3.8, 4) is 44.5 Å². The Bertz CT molecular complexity index is 2070. The second-order valence-corrected chi connectivity index (χ2v) is 22.8. The van der Waals surface area contributed by atoms with E-state index in [-0.39, 0.29) is 10.8 Å². The molecular formula is C56H78N4+4. The first kappa shape index (κ1) is 44.0. The first-order valence-corrected chi connectivity index (χ1v) is 23.0. The molecule has 0 N–H and O–H groups in total. The normalized spacial score (nSPS) is 15.4. The monoisotopic (exact) mass is 807 g/mol. The molecule has 0 bridgehead atoms. The lowest BCUT2D eigenvalue weighted by Crippen LogP contribution is -2.38. The van der Waals surface area contributed by atoms with Gasteiger partial charge in [-0.3, -0.25) is 0 Å². The van der Waals surface area contributed by atoms with Gasteiger partial charge >= 0.3 is 0 Å². The third-order valence-corrected chi connectivity index (χ3v) is 13.8. The lowest BCUT2D eigenvalue weighted by Gasteiger charge is -2.35. The van der Waals surface area contributed by atoms with Gasteiger partial charge in [0.25, 0.3) is 0 Å². The van der Waals surface area contributed by atoms with Gasteiger partial charge in [0, 0.05) is 10.8 Å². The molecule has 4 nitrogen and oxygen atoms in total. The van der Waals surface area contributed by atoms with Crippen LogP contribution in [0, 0.1) is 0 Å². The van der Waals surface area contributed by atoms with E-state index in [1.165, 1.54) is 133 Å². The first-order valence-electron chi connectivity index (χ1n) is 23.0. The Labute approximate surface area is 365 Å². The van der Waals surface area contributed by atoms with Crippen LogP contribution in [0.25, 0.3) is 44.5 Å². The van der Waals surface area contributed by atoms with Crippen molar-refractivity contribution in [1.29, 1.82) is 0 Å². The Hall–Kier alpha value is -4.06. The summed E-state index contributed by atoms with van der Waals surface area (Å²) in [4.78, 5) is 0. The van der Waals surface area contributed by atoms with E-state index in [4.69, 9.17) is 0 Å². The highest BCUT2D eigenvalue weighted by molar-refractivity contribution is 5.86. The van der Waals surface area contributed by atoms with Gasteiger partial charge in [-0.05, 0) is 130 Å². The average molecular weight is 807 g/mol. The van der Waals surface area contributed by atoms with E-state index in [0.29, 0.717) is 0 Å². The SMILES string of the molecule is C[N+](C)(C)CCCC1(CCC[N+](C)(C)C)c2ccccc2-c2ccc(-c3ccc(-c4ccc5c(c4)C(CCC[N+](C)(C)C)(CCC[N+](C)(C)C)c4ccccc4-5)cc3)cc21. The Balaban J connectivity index is 1.24. The molecule has 318 valence electrons. The Morgan fingerprint density at radius 1 is 0.300 bits per heavy atom. The van der Waals surface area contributed by atoms with Crippen LogP contribution in [0.1, 0.15) is 73.6 Å². The predicted molar refractivity (Wildman–Crippen MR) is 258 cm³/mol. The van der Waals surface area contributed by atoms with Crippen molar-refractivity contribution in [3.63, 3.8) is 0 Å². The van der Waals surface area contributed by atoms with Gasteiger partial charge in [0.1, 0.15) is 0 Å². The minimum absolute atomic E-state index is 0.0263. The molecule has 2 aliphatic carbocycles. The second kappa shape index (κ2) is 16.7. The fourth-order valence-electron chi connectivity index (χ4n) is 10.9. The molecule has 0 aliphatic heterocycles. The average Bonchev–Trinajstić information content (AvgIpc) is 3.59. The summed E-state index contributed by atoms with van der Waals surface area (Å²) in [7, 11) is 28.0. The molecular weight excluding hydrogens is 729 g/mol. The van der Waals surface area contributed by atoms with Crippen LogP contribution < -0.4 is 0 Å². The molecule has 0 saturated heterocycles. The van der Waals surface area contributed by atoms with Gasteiger partial charge in [-0.25, -0.2) is 0 Å². The summed E-state index contributed by atoms with van der Waals surface area (Å²) in [5, 5.41) is 0. The zero-order valence-electron chi connectivity index (χ0n) is 39.7. The van der Waals surface area contributed by atoms with Crippen molar-refractivity contribution < 1.29 is 17.9 Å². The van der Waals surface area contributed by atoms with E-state index in [1.807, 2.05) is 0 Å². The number of quaternary nitrogens is 4. The van der Waals surface area contributed by atoms with E-state index in [1.54, 1.807) is 11.1 Å². The highest BCUT2D eigenvalue weighted by Crippen LogP contribution is 2.56. The van der Waals surface area contributed by atoms with E-state index in [2.05, 4.69) is 194 Å². The van der Waals surface area contributed by atoms with Crippen LogP contribution in [0.2, 0.25) is 0 Å². The van der Waals surface area contributed by atoms with E-state index >= 15 is 0 Å². The Morgan fingerprint density at radius 2 is 0.567 bits per heavy atom. The molecule has 60 heavy (non-hydrogen) atoms. The van der Waals surface area contributed by atoms with Gasteiger partial charge < -0.3 is 17.9 Å². The number of nitrogens with zero attached hydrogens (tertiary/aromatic N) is 4. The lowest BCUT2D eigenvalue weighted by molar-refractivity contribution is -0.870. The molecule has 2 aliphatic rings. The molecule has 7 rings (SSSR count). The first-order chi connectivity index (χ1) is 28.2. The maximum absolute atomic E-state index is 2.58. The largest absolute Gasteiger partial charge is 0.331 e. The van der Waals surface area contributed by atoms with Crippen LogP contribution in [0.3, 0.4) is 0 Å². The van der Waals surface area contributed by atoms with Crippen molar-refractivity contribution in [1.82, 2.24) is 0 Å². The minimum Gasteiger partial charge on any atom is -0.331 e. The zero-order chi connectivity index (χ0) is 43.1. The van der Waals surface area contributed by atoms with Crippen molar-refractivity contribution in [2.24, 2.45) is 0 Å².